The summed E-state index contributed by atoms with van der Waals surface area (Å²) in [6, 6.07) is 6.68. The van der Waals surface area contributed by atoms with Crippen LogP contribution < -0.4 is 10.6 Å². The van der Waals surface area contributed by atoms with E-state index in [2.05, 4.69) is 46.5 Å². The Morgan fingerprint density at radius 1 is 1.32 bits per heavy atom. The van der Waals surface area contributed by atoms with Gasteiger partial charge in [-0.15, -0.1) is 0 Å². The summed E-state index contributed by atoms with van der Waals surface area (Å²) in [5, 5.41) is 6.90. The summed E-state index contributed by atoms with van der Waals surface area (Å²) in [6.45, 7) is 8.88. The maximum absolute atomic E-state index is 4.61. The van der Waals surface area contributed by atoms with Crippen LogP contribution in [0.15, 0.2) is 18.2 Å². The summed E-state index contributed by atoms with van der Waals surface area (Å²) in [5.74, 6) is 1.96. The Morgan fingerprint density at radius 2 is 2.16 bits per heavy atom. The lowest BCUT2D eigenvalue weighted by molar-refractivity contribution is 0.226. The van der Waals surface area contributed by atoms with Gasteiger partial charge in [0, 0.05) is 19.1 Å². The normalized spacial score (nSPS) is 20.2. The number of likely N-dealkylation sites (N-methyl/N-ethyl adjacent to an activating group) is 1. The van der Waals surface area contributed by atoms with Crippen LogP contribution in [-0.4, -0.2) is 42.1 Å². The molecule has 4 nitrogen and oxygen atoms in total. The van der Waals surface area contributed by atoms with Crippen LogP contribution in [0.3, 0.4) is 0 Å². The maximum Gasteiger partial charge on any atom is 0.128 e. The Bertz CT molecular complexity index is 380. The van der Waals surface area contributed by atoms with E-state index >= 15 is 0 Å². The van der Waals surface area contributed by atoms with Gasteiger partial charge in [0.15, 0.2) is 0 Å². The first-order valence-electron chi connectivity index (χ1n) is 7.51. The van der Waals surface area contributed by atoms with Crippen molar-refractivity contribution in [3.05, 3.63) is 18.2 Å². The zero-order valence-corrected chi connectivity index (χ0v) is 12.2. The highest BCUT2D eigenvalue weighted by Gasteiger charge is 2.18. The third-order valence-electron chi connectivity index (χ3n) is 3.61. The molecule has 1 unspecified atom stereocenters. The van der Waals surface area contributed by atoms with E-state index in [1.165, 1.54) is 19.4 Å². The number of rotatable bonds is 6. The van der Waals surface area contributed by atoms with Crippen molar-refractivity contribution < 1.29 is 0 Å². The molecule has 0 spiro atoms. The zero-order chi connectivity index (χ0) is 13.5. The molecule has 0 aromatic carbocycles. The predicted octanol–water partition coefficient (Wildman–Crippen LogP) is 2.80. The Hall–Kier alpha value is -1.29. The molecule has 1 atom stereocenters. The molecule has 1 aromatic rings. The first kappa shape index (κ1) is 14.1. The molecule has 2 heterocycles. The molecule has 2 rings (SSSR count). The number of pyridine rings is 1. The largest absolute Gasteiger partial charge is 0.370 e. The molecular formula is C15H26N4. The van der Waals surface area contributed by atoms with Gasteiger partial charge in [-0.25, -0.2) is 4.98 Å². The van der Waals surface area contributed by atoms with Crippen molar-refractivity contribution in [3.63, 3.8) is 0 Å². The van der Waals surface area contributed by atoms with Crippen molar-refractivity contribution in [1.29, 1.82) is 0 Å². The molecule has 0 bridgehead atoms. The number of hydrogen-bond donors (Lipinski definition) is 2. The van der Waals surface area contributed by atoms with Crippen LogP contribution in [0, 0.1) is 0 Å². The molecule has 0 aliphatic carbocycles. The van der Waals surface area contributed by atoms with E-state index in [0.717, 1.165) is 37.7 Å². The summed E-state index contributed by atoms with van der Waals surface area (Å²) >= 11 is 0. The van der Waals surface area contributed by atoms with Gasteiger partial charge in [0.1, 0.15) is 11.6 Å². The van der Waals surface area contributed by atoms with Crippen molar-refractivity contribution in [3.8, 4) is 0 Å². The highest BCUT2D eigenvalue weighted by Crippen LogP contribution is 2.16. The van der Waals surface area contributed by atoms with E-state index in [1.807, 2.05) is 6.07 Å². The highest BCUT2D eigenvalue weighted by atomic mass is 15.2. The molecule has 0 saturated carbocycles. The van der Waals surface area contributed by atoms with Crippen LogP contribution in [0.5, 0.6) is 0 Å². The lowest BCUT2D eigenvalue weighted by Gasteiger charge is -2.32. The van der Waals surface area contributed by atoms with Crippen LogP contribution in [0.4, 0.5) is 11.6 Å². The number of aromatic nitrogens is 1. The fraction of sp³-hybridized carbons (Fsp3) is 0.667. The second-order valence-electron chi connectivity index (χ2n) is 5.21. The van der Waals surface area contributed by atoms with Crippen LogP contribution in [0.1, 0.15) is 33.1 Å². The SMILES string of the molecule is CCCNc1cccc(NC2CCCN(CC)C2)n1. The number of likely N-dealkylation sites (tertiary alicyclic amines) is 1. The molecule has 106 valence electrons. The van der Waals surface area contributed by atoms with Crippen molar-refractivity contribution in [1.82, 2.24) is 9.88 Å². The Labute approximate surface area is 116 Å². The maximum atomic E-state index is 4.61. The van der Waals surface area contributed by atoms with Gasteiger partial charge < -0.3 is 15.5 Å². The van der Waals surface area contributed by atoms with Gasteiger partial charge in [-0.2, -0.15) is 0 Å². The van der Waals surface area contributed by atoms with Crippen molar-refractivity contribution >= 4 is 11.6 Å². The second-order valence-corrected chi connectivity index (χ2v) is 5.21. The van der Waals surface area contributed by atoms with E-state index in [0.29, 0.717) is 6.04 Å². The molecule has 4 heteroatoms. The van der Waals surface area contributed by atoms with Crippen molar-refractivity contribution in [2.24, 2.45) is 0 Å². The number of nitrogens with zero attached hydrogens (tertiary/aromatic N) is 2. The van der Waals surface area contributed by atoms with Gasteiger partial charge in [0.2, 0.25) is 0 Å². The minimum absolute atomic E-state index is 0.530. The summed E-state index contributed by atoms with van der Waals surface area (Å²) in [5.41, 5.74) is 0. The summed E-state index contributed by atoms with van der Waals surface area (Å²) in [6.07, 6.45) is 3.64. The number of anilines is 2. The third kappa shape index (κ3) is 4.39. The summed E-state index contributed by atoms with van der Waals surface area (Å²) in [4.78, 5) is 7.11. The van der Waals surface area contributed by atoms with Gasteiger partial charge >= 0.3 is 0 Å². The quantitative estimate of drug-likeness (QED) is 0.827. The van der Waals surface area contributed by atoms with E-state index in [1.54, 1.807) is 0 Å². The molecule has 1 fully saturated rings. The van der Waals surface area contributed by atoms with Crippen LogP contribution >= 0.6 is 0 Å². The fourth-order valence-corrected chi connectivity index (χ4v) is 2.54. The van der Waals surface area contributed by atoms with Crippen LogP contribution in [0.25, 0.3) is 0 Å². The van der Waals surface area contributed by atoms with Crippen LogP contribution in [-0.2, 0) is 0 Å². The average molecular weight is 262 g/mol. The topological polar surface area (TPSA) is 40.2 Å². The van der Waals surface area contributed by atoms with Gasteiger partial charge in [-0.1, -0.05) is 19.9 Å². The second kappa shape index (κ2) is 7.34. The molecule has 0 amide bonds. The van der Waals surface area contributed by atoms with Gasteiger partial charge in [0.25, 0.3) is 0 Å². The highest BCUT2D eigenvalue weighted by molar-refractivity contribution is 5.45. The number of hydrogen-bond acceptors (Lipinski definition) is 4. The molecular weight excluding hydrogens is 236 g/mol. The number of nitrogens with one attached hydrogen (secondary N) is 2. The minimum atomic E-state index is 0.530. The first-order valence-corrected chi connectivity index (χ1v) is 7.51. The first-order chi connectivity index (χ1) is 9.31. The monoisotopic (exact) mass is 262 g/mol. The molecule has 1 saturated heterocycles. The molecule has 1 aliphatic heterocycles. The van der Waals surface area contributed by atoms with Gasteiger partial charge in [0.05, 0.1) is 0 Å². The lowest BCUT2D eigenvalue weighted by Crippen LogP contribution is -2.41. The third-order valence-corrected chi connectivity index (χ3v) is 3.61. The summed E-state index contributed by atoms with van der Waals surface area (Å²) < 4.78 is 0. The molecule has 2 N–H and O–H groups in total. The van der Waals surface area contributed by atoms with E-state index in [4.69, 9.17) is 0 Å². The zero-order valence-electron chi connectivity index (χ0n) is 12.2. The Balaban J connectivity index is 1.90. The Morgan fingerprint density at radius 3 is 2.95 bits per heavy atom. The number of piperidine rings is 1. The summed E-state index contributed by atoms with van der Waals surface area (Å²) in [7, 11) is 0. The standard InChI is InChI=1S/C15H26N4/c1-3-10-16-14-8-5-9-15(18-14)17-13-7-6-11-19(4-2)12-13/h5,8-9,13H,3-4,6-7,10-12H2,1-2H3,(H2,16,17,18). The van der Waals surface area contributed by atoms with E-state index < -0.39 is 0 Å². The Kier molecular flexibility index (Phi) is 5.45. The van der Waals surface area contributed by atoms with Crippen LogP contribution in [0.2, 0.25) is 0 Å². The molecule has 1 aromatic heterocycles. The van der Waals surface area contributed by atoms with Crippen molar-refractivity contribution in [2.45, 2.75) is 39.2 Å². The molecule has 1 aliphatic rings. The molecule has 19 heavy (non-hydrogen) atoms. The predicted molar refractivity (Wildman–Crippen MR) is 81.8 cm³/mol. The fourth-order valence-electron chi connectivity index (χ4n) is 2.54. The van der Waals surface area contributed by atoms with Gasteiger partial charge in [-0.05, 0) is 44.5 Å². The van der Waals surface area contributed by atoms with Crippen molar-refractivity contribution in [2.75, 3.05) is 36.8 Å². The minimum Gasteiger partial charge on any atom is -0.370 e. The molecule has 0 radical (unpaired) electrons. The van der Waals surface area contributed by atoms with E-state index in [9.17, 15) is 0 Å². The smallest absolute Gasteiger partial charge is 0.128 e. The van der Waals surface area contributed by atoms with Gasteiger partial charge in [-0.3, -0.25) is 0 Å². The lowest BCUT2D eigenvalue weighted by atomic mass is 10.1. The van der Waals surface area contributed by atoms with E-state index in [-0.39, 0.29) is 0 Å². The average Bonchev–Trinajstić information content (AvgIpc) is 2.46.